The van der Waals surface area contributed by atoms with E-state index in [9.17, 15) is 9.59 Å². The van der Waals surface area contributed by atoms with Gasteiger partial charge in [0.15, 0.2) is 0 Å². The molecule has 0 radical (unpaired) electrons. The molecule has 53 heavy (non-hydrogen) atoms. The van der Waals surface area contributed by atoms with E-state index in [4.69, 9.17) is 17.7 Å². The van der Waals surface area contributed by atoms with Gasteiger partial charge in [-0.3, -0.25) is 24.0 Å². The molecule has 1 fully saturated rings. The summed E-state index contributed by atoms with van der Waals surface area (Å²) in [7, 11) is -1.80. The van der Waals surface area contributed by atoms with Crippen molar-refractivity contribution in [2.75, 3.05) is 56.8 Å². The van der Waals surface area contributed by atoms with Crippen molar-refractivity contribution in [2.45, 2.75) is 20.4 Å². The third-order valence-electron chi connectivity index (χ3n) is 8.14. The van der Waals surface area contributed by atoms with Crippen molar-refractivity contribution in [2.24, 2.45) is 0 Å². The van der Waals surface area contributed by atoms with Crippen LogP contribution in [-0.4, -0.2) is 95.4 Å². The Hall–Kier alpha value is -5.54. The maximum absolute atomic E-state index is 13.0. The number of esters is 1. The van der Waals surface area contributed by atoms with Gasteiger partial charge in [0, 0.05) is 73.9 Å². The molecule has 14 heteroatoms. The van der Waals surface area contributed by atoms with Gasteiger partial charge in [-0.15, -0.1) is 0 Å². The van der Waals surface area contributed by atoms with Gasteiger partial charge in [0.25, 0.3) is 5.91 Å². The number of aryl methyl sites for hydroxylation is 1. The Morgan fingerprint density at radius 1 is 0.925 bits per heavy atom. The molecule has 0 aliphatic carbocycles. The fourth-order valence-corrected chi connectivity index (χ4v) is 5.18. The summed E-state index contributed by atoms with van der Waals surface area (Å²) < 4.78 is 33.2. The number of ether oxygens (including phenoxy) is 1. The lowest BCUT2D eigenvalue weighted by Crippen LogP contribution is -2.57. The first-order valence-electron chi connectivity index (χ1n) is 16.9. The first-order chi connectivity index (χ1) is 25.3. The number of aromatic nitrogens is 3. The second-order valence-electron chi connectivity index (χ2n) is 12.8. The van der Waals surface area contributed by atoms with Crippen LogP contribution in [-0.2, 0) is 26.2 Å². The zero-order valence-corrected chi connectivity index (χ0v) is 31.1. The molecule has 0 atom stereocenters. The van der Waals surface area contributed by atoms with E-state index in [-0.39, 0.29) is 11.9 Å². The number of hydrogen-bond acceptors (Lipinski definition) is 11. The van der Waals surface area contributed by atoms with Crippen LogP contribution in [0.5, 0.6) is 0 Å². The summed E-state index contributed by atoms with van der Waals surface area (Å²) >= 11 is 0. The summed E-state index contributed by atoms with van der Waals surface area (Å²) in [6.45, 7) is 8.34. The Balaban J connectivity index is 0.000000492. The molecule has 278 valence electrons. The van der Waals surface area contributed by atoms with Gasteiger partial charge in [0.2, 0.25) is 12.7 Å². The molecular formula is C39H45N7O6S. The molecule has 0 saturated carbocycles. The number of amides is 1. The van der Waals surface area contributed by atoms with Gasteiger partial charge >= 0.3 is 5.97 Å². The Morgan fingerprint density at radius 3 is 2.15 bits per heavy atom. The molecule has 5 aromatic rings. The van der Waals surface area contributed by atoms with Crippen molar-refractivity contribution in [3.8, 4) is 11.3 Å². The van der Waals surface area contributed by atoms with Gasteiger partial charge in [-0.25, -0.2) is 18.4 Å². The molecule has 2 aromatic heterocycles. The monoisotopic (exact) mass is 739 g/mol. The average molecular weight is 740 g/mol. The van der Waals surface area contributed by atoms with Crippen LogP contribution in [0.15, 0.2) is 116 Å². The first-order valence-corrected chi connectivity index (χ1v) is 18.7. The summed E-state index contributed by atoms with van der Waals surface area (Å²) in [6.07, 6.45) is 5.79. The molecular weight excluding hydrogens is 695 g/mol. The normalized spacial score (nSPS) is 13.6. The van der Waals surface area contributed by atoms with E-state index in [1.54, 1.807) is 18.6 Å². The van der Waals surface area contributed by atoms with Gasteiger partial charge in [0.05, 0.1) is 35.9 Å². The summed E-state index contributed by atoms with van der Waals surface area (Å²) in [4.78, 5) is 39.7. The standard InChI is InChI=1S/C32H35N7O3.C6H6.CH4O3S/c1-23-6-11-28(19-30(23)37-32-34-14-12-29(36-32)27-5-4-13-33-20-27)35-31(41)26-9-7-25(8-10-26)21-38-15-17-39(3,18-16-38)22-42-24(2)40;1-2-4-6-5-3-1;1-5(2,3)4/h4-14,19-20H,15-18,21-22H2,1-3H3,(H-,34,35,36,37,41);1-6H;1H3,(H,2,3,4). The Morgan fingerprint density at radius 2 is 1.57 bits per heavy atom. The van der Waals surface area contributed by atoms with Gasteiger partial charge in [-0.1, -0.05) is 54.6 Å². The van der Waals surface area contributed by atoms with Gasteiger partial charge < -0.3 is 19.9 Å². The van der Waals surface area contributed by atoms with Crippen LogP contribution in [0.1, 0.15) is 28.4 Å². The lowest BCUT2D eigenvalue weighted by atomic mass is 10.1. The quantitative estimate of drug-likeness (QED) is 0.112. The second kappa shape index (κ2) is 19.3. The van der Waals surface area contributed by atoms with Gasteiger partial charge in [-0.2, -0.15) is 0 Å². The maximum atomic E-state index is 13.0. The second-order valence-corrected chi connectivity index (χ2v) is 14.2. The molecule has 0 spiro atoms. The SMILES string of the molecule is CC(=O)OC[N+]1(C)CCN(Cc2ccc(C(=O)Nc3ccc(C)c(Nc4nccc(-c5cccnc5)n4)c3)cc2)CC1.CS(=O)(=O)[O-].c1ccccc1. The predicted octanol–water partition coefficient (Wildman–Crippen LogP) is 5.47. The molecule has 1 amide bonds. The average Bonchev–Trinajstić information content (AvgIpc) is 3.14. The number of likely N-dealkylation sites (N-methyl/N-ethyl adjacent to an activating group) is 1. The number of piperazine rings is 1. The minimum atomic E-state index is -3.92. The summed E-state index contributed by atoms with van der Waals surface area (Å²) in [5, 5.41) is 6.28. The van der Waals surface area contributed by atoms with Crippen LogP contribution in [0.2, 0.25) is 0 Å². The van der Waals surface area contributed by atoms with E-state index in [1.807, 2.05) is 104 Å². The van der Waals surface area contributed by atoms with Crippen molar-refractivity contribution in [1.29, 1.82) is 0 Å². The van der Waals surface area contributed by atoms with E-state index in [2.05, 4.69) is 37.5 Å². The summed E-state index contributed by atoms with van der Waals surface area (Å²) in [5.41, 5.74) is 5.88. The number of benzene rings is 3. The van der Waals surface area contributed by atoms with E-state index < -0.39 is 10.1 Å². The van der Waals surface area contributed by atoms with E-state index in [0.29, 0.717) is 30.2 Å². The fraction of sp³-hybridized carbons (Fsp3) is 0.256. The zero-order chi connectivity index (χ0) is 38.3. The van der Waals surface area contributed by atoms with Gasteiger partial charge in [-0.05, 0) is 60.5 Å². The predicted molar refractivity (Wildman–Crippen MR) is 204 cm³/mol. The third-order valence-corrected chi connectivity index (χ3v) is 8.14. The Labute approximate surface area is 311 Å². The first kappa shape index (κ1) is 40.2. The number of nitrogens with one attached hydrogen (secondary N) is 2. The summed E-state index contributed by atoms with van der Waals surface area (Å²) in [5.74, 6) is 0.0424. The third kappa shape index (κ3) is 14.5. The molecule has 2 N–H and O–H groups in total. The van der Waals surface area contributed by atoms with Crippen LogP contribution in [0.25, 0.3) is 11.3 Å². The number of hydrogen-bond donors (Lipinski definition) is 2. The highest BCUT2D eigenvalue weighted by Crippen LogP contribution is 2.25. The van der Waals surface area contributed by atoms with Crippen molar-refractivity contribution in [3.63, 3.8) is 0 Å². The fourth-order valence-electron chi connectivity index (χ4n) is 5.18. The largest absolute Gasteiger partial charge is 0.748 e. The van der Waals surface area contributed by atoms with Crippen LogP contribution < -0.4 is 10.6 Å². The molecule has 6 rings (SSSR count). The molecule has 0 bridgehead atoms. The molecule has 3 aromatic carbocycles. The number of rotatable bonds is 9. The minimum Gasteiger partial charge on any atom is -0.748 e. The molecule has 1 aliphatic rings. The minimum absolute atomic E-state index is 0.178. The summed E-state index contributed by atoms with van der Waals surface area (Å²) in [6, 6.07) is 31.1. The van der Waals surface area contributed by atoms with Crippen molar-refractivity contribution < 1.29 is 31.8 Å². The number of carbonyl (C=O) groups is 2. The lowest BCUT2D eigenvalue weighted by molar-refractivity contribution is -0.929. The molecule has 13 nitrogen and oxygen atoms in total. The highest BCUT2D eigenvalue weighted by molar-refractivity contribution is 7.84. The van der Waals surface area contributed by atoms with E-state index in [0.717, 1.165) is 65.3 Å². The molecule has 0 unspecified atom stereocenters. The Kier molecular flexibility index (Phi) is 14.7. The van der Waals surface area contributed by atoms with Crippen LogP contribution in [0, 0.1) is 6.92 Å². The van der Waals surface area contributed by atoms with Crippen LogP contribution >= 0.6 is 0 Å². The Bertz CT molecular complexity index is 1990. The van der Waals surface area contributed by atoms with E-state index >= 15 is 0 Å². The van der Waals surface area contributed by atoms with Gasteiger partial charge in [0.1, 0.15) is 0 Å². The van der Waals surface area contributed by atoms with Crippen molar-refractivity contribution >= 4 is 39.3 Å². The highest BCUT2D eigenvalue weighted by Gasteiger charge is 2.29. The number of anilines is 3. The molecule has 1 saturated heterocycles. The van der Waals surface area contributed by atoms with Crippen molar-refractivity contribution in [3.05, 3.63) is 132 Å². The number of nitrogens with zero attached hydrogens (tertiary/aromatic N) is 5. The highest BCUT2D eigenvalue weighted by atomic mass is 32.2. The van der Waals surface area contributed by atoms with Crippen molar-refractivity contribution in [1.82, 2.24) is 19.9 Å². The topological polar surface area (TPSA) is 167 Å². The van der Waals surface area contributed by atoms with E-state index in [1.165, 1.54) is 6.92 Å². The molecule has 3 heterocycles. The van der Waals surface area contributed by atoms with Crippen LogP contribution in [0.3, 0.4) is 0 Å². The smallest absolute Gasteiger partial charge is 0.306 e. The lowest BCUT2D eigenvalue weighted by Gasteiger charge is -2.41. The maximum Gasteiger partial charge on any atom is 0.306 e. The number of quaternary nitrogens is 1. The number of carbonyl (C=O) groups excluding carboxylic acids is 2. The van der Waals surface area contributed by atoms with Crippen LogP contribution in [0.4, 0.5) is 17.3 Å². The zero-order valence-electron chi connectivity index (χ0n) is 30.3. The number of pyridine rings is 1. The molecule has 1 aliphatic heterocycles.